The Bertz CT molecular complexity index is 1030. The van der Waals surface area contributed by atoms with Crippen molar-refractivity contribution in [3.8, 4) is 17.2 Å². The number of carboxylic acid groups (broad SMARTS) is 1. The van der Waals surface area contributed by atoms with Gasteiger partial charge in [0.2, 0.25) is 5.75 Å². The van der Waals surface area contributed by atoms with Crippen LogP contribution in [0.3, 0.4) is 0 Å². The lowest BCUT2D eigenvalue weighted by Gasteiger charge is -2.14. The first-order valence-electron chi connectivity index (χ1n) is 8.29. The molecule has 1 N–H and O–H groups in total. The summed E-state index contributed by atoms with van der Waals surface area (Å²) in [5.41, 5.74) is 2.86. The average Bonchev–Trinajstić information content (AvgIpc) is 3.01. The van der Waals surface area contributed by atoms with Crippen LogP contribution in [0.2, 0.25) is 0 Å². The second-order valence-electron chi connectivity index (χ2n) is 5.99. The van der Waals surface area contributed by atoms with E-state index >= 15 is 0 Å². The van der Waals surface area contributed by atoms with Crippen molar-refractivity contribution in [2.24, 2.45) is 7.05 Å². The minimum atomic E-state index is -0.941. The van der Waals surface area contributed by atoms with Crippen LogP contribution in [0.4, 0.5) is 0 Å². The molecule has 0 saturated heterocycles. The largest absolute Gasteiger partial charge is 0.493 e. The molecule has 0 aliphatic rings. The van der Waals surface area contributed by atoms with Gasteiger partial charge in [0.1, 0.15) is 0 Å². The van der Waals surface area contributed by atoms with E-state index in [1.165, 1.54) is 0 Å². The molecule has 0 radical (unpaired) electrons. The summed E-state index contributed by atoms with van der Waals surface area (Å²) in [4.78, 5) is 11.5. The number of methoxy groups -OCH3 is 3. The number of rotatable bonds is 6. The number of fused-ring (bicyclic) bond motifs is 1. The Hall–Kier alpha value is -3.41. The minimum absolute atomic E-state index is 0.284. The number of carbonyl (C=O) groups is 1. The van der Waals surface area contributed by atoms with Gasteiger partial charge in [0, 0.05) is 29.7 Å². The summed E-state index contributed by atoms with van der Waals surface area (Å²) in [5, 5.41) is 10.1. The molecule has 1 aromatic heterocycles. The third kappa shape index (κ3) is 3.33. The highest BCUT2D eigenvalue weighted by Crippen LogP contribution is 2.40. The van der Waals surface area contributed by atoms with Crippen molar-refractivity contribution in [3.05, 3.63) is 53.2 Å². The first-order valence-corrected chi connectivity index (χ1v) is 8.29. The minimum Gasteiger partial charge on any atom is -0.493 e. The number of carboxylic acids is 1. The predicted octanol–water partition coefficient (Wildman–Crippen LogP) is 4.07. The zero-order valence-corrected chi connectivity index (χ0v) is 15.6. The quantitative estimate of drug-likeness (QED) is 0.665. The normalized spacial score (nSPS) is 11.1. The van der Waals surface area contributed by atoms with E-state index < -0.39 is 5.97 Å². The molecule has 0 saturated carbocycles. The smallest absolute Gasteiger partial charge is 0.337 e. The number of nitrogens with zero attached hydrogens (tertiary/aromatic N) is 1. The summed E-state index contributed by atoms with van der Waals surface area (Å²) >= 11 is 0. The molecule has 0 spiro atoms. The van der Waals surface area contributed by atoms with E-state index in [-0.39, 0.29) is 5.56 Å². The van der Waals surface area contributed by atoms with Crippen LogP contribution in [0.15, 0.2) is 36.5 Å². The molecular weight excluding hydrogens is 346 g/mol. The van der Waals surface area contributed by atoms with Crippen molar-refractivity contribution in [2.75, 3.05) is 21.3 Å². The molecule has 0 fully saturated rings. The van der Waals surface area contributed by atoms with Crippen molar-refractivity contribution < 1.29 is 24.1 Å². The fraction of sp³-hybridized carbons (Fsp3) is 0.190. The fourth-order valence-corrected chi connectivity index (χ4v) is 3.13. The number of benzene rings is 2. The fourth-order valence-electron chi connectivity index (χ4n) is 3.13. The van der Waals surface area contributed by atoms with Gasteiger partial charge in [-0.25, -0.2) is 4.79 Å². The van der Waals surface area contributed by atoms with Crippen LogP contribution in [-0.4, -0.2) is 37.0 Å². The Balaban J connectivity index is 2.04. The topological polar surface area (TPSA) is 69.9 Å². The first-order chi connectivity index (χ1) is 13.0. The van der Waals surface area contributed by atoms with E-state index in [4.69, 9.17) is 14.2 Å². The van der Waals surface area contributed by atoms with E-state index in [0.29, 0.717) is 22.6 Å². The molecule has 0 aliphatic heterocycles. The summed E-state index contributed by atoms with van der Waals surface area (Å²) < 4.78 is 18.0. The van der Waals surface area contributed by atoms with Gasteiger partial charge in [-0.05, 0) is 29.8 Å². The molecule has 6 nitrogen and oxygen atoms in total. The van der Waals surface area contributed by atoms with Crippen LogP contribution in [0.5, 0.6) is 17.2 Å². The summed E-state index contributed by atoms with van der Waals surface area (Å²) in [6, 6.07) is 9.40. The second-order valence-corrected chi connectivity index (χ2v) is 5.99. The summed E-state index contributed by atoms with van der Waals surface area (Å²) in [5.74, 6) is 0.737. The van der Waals surface area contributed by atoms with Crippen LogP contribution < -0.4 is 14.2 Å². The lowest BCUT2D eigenvalue weighted by Crippen LogP contribution is -1.96. The van der Waals surface area contributed by atoms with Crippen molar-refractivity contribution in [1.82, 2.24) is 4.57 Å². The molecule has 27 heavy (non-hydrogen) atoms. The van der Waals surface area contributed by atoms with E-state index in [9.17, 15) is 9.90 Å². The molecule has 2 aromatic carbocycles. The van der Waals surface area contributed by atoms with Crippen LogP contribution in [0.1, 0.15) is 21.5 Å². The lowest BCUT2D eigenvalue weighted by molar-refractivity contribution is 0.0699. The van der Waals surface area contributed by atoms with Crippen LogP contribution >= 0.6 is 0 Å². The molecule has 140 valence electrons. The molecule has 6 heteroatoms. The lowest BCUT2D eigenvalue weighted by atomic mass is 10.1. The maximum absolute atomic E-state index is 11.5. The highest BCUT2D eigenvalue weighted by molar-refractivity contribution is 6.04. The Kier molecular flexibility index (Phi) is 5.07. The predicted molar refractivity (Wildman–Crippen MR) is 105 cm³/mol. The third-order valence-corrected chi connectivity index (χ3v) is 4.43. The maximum Gasteiger partial charge on any atom is 0.337 e. The standard InChI is InChI=1S/C21H21NO5/c1-22-12-16(21(23)24)15-11-13(6-9-17(15)22)5-7-14-8-10-18(25-2)20(27-4)19(14)26-3/h5-12H,1-4H3,(H,23,24)/b7-5-. The van der Waals surface area contributed by atoms with Crippen molar-refractivity contribution in [2.45, 2.75) is 0 Å². The molecule has 0 aliphatic carbocycles. The molecule has 1 heterocycles. The van der Waals surface area contributed by atoms with Gasteiger partial charge in [-0.1, -0.05) is 18.2 Å². The van der Waals surface area contributed by atoms with Crippen molar-refractivity contribution >= 4 is 29.0 Å². The number of ether oxygens (including phenoxy) is 3. The van der Waals surface area contributed by atoms with E-state index in [0.717, 1.165) is 16.6 Å². The van der Waals surface area contributed by atoms with Gasteiger partial charge in [0.15, 0.2) is 11.5 Å². The maximum atomic E-state index is 11.5. The van der Waals surface area contributed by atoms with Gasteiger partial charge in [0.25, 0.3) is 0 Å². The third-order valence-electron chi connectivity index (χ3n) is 4.43. The van der Waals surface area contributed by atoms with Crippen molar-refractivity contribution in [1.29, 1.82) is 0 Å². The van der Waals surface area contributed by atoms with Gasteiger partial charge < -0.3 is 23.9 Å². The van der Waals surface area contributed by atoms with Gasteiger partial charge in [-0.15, -0.1) is 0 Å². The summed E-state index contributed by atoms with van der Waals surface area (Å²) in [6.07, 6.45) is 5.42. The van der Waals surface area contributed by atoms with Gasteiger partial charge in [-0.3, -0.25) is 0 Å². The second kappa shape index (κ2) is 7.45. The first kappa shape index (κ1) is 18.4. The van der Waals surface area contributed by atoms with E-state index in [1.54, 1.807) is 27.5 Å². The number of aromatic nitrogens is 1. The van der Waals surface area contributed by atoms with Crippen molar-refractivity contribution in [3.63, 3.8) is 0 Å². The van der Waals surface area contributed by atoms with E-state index in [1.807, 2.05) is 54.1 Å². The Morgan fingerprint density at radius 1 is 1.00 bits per heavy atom. The van der Waals surface area contributed by atoms with Gasteiger partial charge in [0.05, 0.1) is 26.9 Å². The number of aryl methyl sites for hydroxylation is 1. The summed E-state index contributed by atoms with van der Waals surface area (Å²) in [6.45, 7) is 0. The number of hydrogen-bond acceptors (Lipinski definition) is 4. The van der Waals surface area contributed by atoms with Crippen LogP contribution in [-0.2, 0) is 7.05 Å². The molecule has 0 bridgehead atoms. The van der Waals surface area contributed by atoms with Crippen LogP contribution in [0, 0.1) is 0 Å². The molecular formula is C21H21NO5. The zero-order valence-electron chi connectivity index (χ0n) is 15.6. The summed E-state index contributed by atoms with van der Waals surface area (Å²) in [7, 11) is 6.54. The van der Waals surface area contributed by atoms with Crippen LogP contribution in [0.25, 0.3) is 23.1 Å². The Labute approximate surface area is 157 Å². The van der Waals surface area contributed by atoms with Gasteiger partial charge >= 0.3 is 5.97 Å². The molecule has 0 unspecified atom stereocenters. The highest BCUT2D eigenvalue weighted by Gasteiger charge is 2.15. The highest BCUT2D eigenvalue weighted by atomic mass is 16.5. The zero-order chi connectivity index (χ0) is 19.6. The molecule has 3 aromatic rings. The molecule has 0 amide bonds. The average molecular weight is 367 g/mol. The SMILES string of the molecule is COc1ccc(/C=C\c2ccc3c(c2)c(C(=O)O)cn3C)c(OC)c1OC. The Morgan fingerprint density at radius 3 is 2.37 bits per heavy atom. The monoisotopic (exact) mass is 367 g/mol. The number of aromatic carboxylic acids is 1. The number of hydrogen-bond donors (Lipinski definition) is 1. The molecule has 3 rings (SSSR count). The Morgan fingerprint density at radius 2 is 1.74 bits per heavy atom. The van der Waals surface area contributed by atoms with E-state index in [2.05, 4.69) is 0 Å². The van der Waals surface area contributed by atoms with Gasteiger partial charge in [-0.2, -0.15) is 0 Å². The molecule has 0 atom stereocenters.